The van der Waals surface area contributed by atoms with Crippen LogP contribution in [-0.2, 0) is 21.4 Å². The Morgan fingerprint density at radius 3 is 2.29 bits per heavy atom. The molecule has 2 aromatic carbocycles. The SMILES string of the molecule is CN(CC(=O)Nc1ccc(S(=O)(=O)N2CCCCCC2)cc1)Cc1ccc(F)cc1F. The average molecular weight is 452 g/mol. The molecule has 0 aromatic heterocycles. The summed E-state index contributed by atoms with van der Waals surface area (Å²) in [5.74, 6) is -1.63. The molecule has 1 aliphatic rings. The Morgan fingerprint density at radius 1 is 1.03 bits per heavy atom. The molecule has 1 heterocycles. The molecule has 31 heavy (non-hydrogen) atoms. The van der Waals surface area contributed by atoms with E-state index >= 15 is 0 Å². The van der Waals surface area contributed by atoms with Gasteiger partial charge in [-0.3, -0.25) is 9.69 Å². The van der Waals surface area contributed by atoms with E-state index in [1.165, 1.54) is 28.6 Å². The van der Waals surface area contributed by atoms with Crippen molar-refractivity contribution in [3.05, 3.63) is 59.7 Å². The van der Waals surface area contributed by atoms with Gasteiger partial charge in [-0.1, -0.05) is 18.9 Å². The third kappa shape index (κ3) is 6.32. The van der Waals surface area contributed by atoms with Crippen LogP contribution in [0.5, 0.6) is 0 Å². The first-order valence-electron chi connectivity index (χ1n) is 10.3. The van der Waals surface area contributed by atoms with Crippen molar-refractivity contribution in [2.45, 2.75) is 37.1 Å². The van der Waals surface area contributed by atoms with Crippen molar-refractivity contribution in [2.24, 2.45) is 0 Å². The summed E-state index contributed by atoms with van der Waals surface area (Å²) in [5, 5.41) is 2.71. The zero-order valence-electron chi connectivity index (χ0n) is 17.5. The van der Waals surface area contributed by atoms with E-state index in [1.54, 1.807) is 24.1 Å². The van der Waals surface area contributed by atoms with Crippen LogP contribution in [-0.4, -0.2) is 50.2 Å². The van der Waals surface area contributed by atoms with Gasteiger partial charge in [0.2, 0.25) is 15.9 Å². The second kappa shape index (κ2) is 10.3. The molecule has 1 N–H and O–H groups in total. The van der Waals surface area contributed by atoms with Crippen molar-refractivity contribution in [3.8, 4) is 0 Å². The van der Waals surface area contributed by atoms with E-state index in [-0.39, 0.29) is 23.9 Å². The number of nitrogens with one attached hydrogen (secondary N) is 1. The molecule has 3 rings (SSSR count). The minimum absolute atomic E-state index is 0.00928. The maximum Gasteiger partial charge on any atom is 0.243 e. The Bertz CT molecular complexity index is 1010. The Kier molecular flexibility index (Phi) is 7.74. The van der Waals surface area contributed by atoms with E-state index < -0.39 is 21.7 Å². The Hall–Kier alpha value is -2.36. The van der Waals surface area contributed by atoms with Gasteiger partial charge in [0.05, 0.1) is 11.4 Å². The molecule has 1 aliphatic heterocycles. The first-order valence-corrected chi connectivity index (χ1v) is 11.7. The molecular weight excluding hydrogens is 424 g/mol. The van der Waals surface area contributed by atoms with Crippen LogP contribution in [0.1, 0.15) is 31.2 Å². The van der Waals surface area contributed by atoms with E-state index in [0.29, 0.717) is 24.3 Å². The highest BCUT2D eigenvalue weighted by Crippen LogP contribution is 2.22. The maximum absolute atomic E-state index is 13.8. The van der Waals surface area contributed by atoms with Crippen molar-refractivity contribution in [2.75, 3.05) is 32.0 Å². The van der Waals surface area contributed by atoms with Crippen LogP contribution in [0.4, 0.5) is 14.5 Å². The molecule has 168 valence electrons. The summed E-state index contributed by atoms with van der Waals surface area (Å²) < 4.78 is 53.9. The zero-order valence-corrected chi connectivity index (χ0v) is 18.3. The third-order valence-electron chi connectivity index (χ3n) is 5.21. The lowest BCUT2D eigenvalue weighted by molar-refractivity contribution is -0.117. The van der Waals surface area contributed by atoms with E-state index in [1.807, 2.05) is 0 Å². The van der Waals surface area contributed by atoms with Gasteiger partial charge in [0.1, 0.15) is 11.6 Å². The summed E-state index contributed by atoms with van der Waals surface area (Å²) in [6, 6.07) is 9.44. The van der Waals surface area contributed by atoms with Crippen LogP contribution in [0, 0.1) is 11.6 Å². The number of hydrogen-bond acceptors (Lipinski definition) is 4. The second-order valence-electron chi connectivity index (χ2n) is 7.80. The summed E-state index contributed by atoms with van der Waals surface area (Å²) in [5.41, 5.74) is 0.765. The molecule has 0 spiro atoms. The fraction of sp³-hybridized carbons (Fsp3) is 0.409. The number of nitrogens with zero attached hydrogens (tertiary/aromatic N) is 2. The van der Waals surface area contributed by atoms with Gasteiger partial charge in [0, 0.05) is 37.0 Å². The highest BCUT2D eigenvalue weighted by Gasteiger charge is 2.25. The number of carbonyl (C=O) groups excluding carboxylic acids is 1. The van der Waals surface area contributed by atoms with E-state index in [2.05, 4.69) is 5.32 Å². The van der Waals surface area contributed by atoms with Gasteiger partial charge < -0.3 is 5.32 Å². The summed E-state index contributed by atoms with van der Waals surface area (Å²) >= 11 is 0. The van der Waals surface area contributed by atoms with Crippen molar-refractivity contribution in [3.63, 3.8) is 0 Å². The number of halogens is 2. The summed E-state index contributed by atoms with van der Waals surface area (Å²) in [6.45, 7) is 1.20. The molecule has 6 nitrogen and oxygen atoms in total. The number of benzene rings is 2. The van der Waals surface area contributed by atoms with E-state index in [9.17, 15) is 22.0 Å². The predicted molar refractivity (Wildman–Crippen MR) is 115 cm³/mol. The van der Waals surface area contributed by atoms with Crippen molar-refractivity contribution in [1.82, 2.24) is 9.21 Å². The van der Waals surface area contributed by atoms with Gasteiger partial charge in [-0.05, 0) is 50.2 Å². The van der Waals surface area contributed by atoms with Crippen molar-refractivity contribution in [1.29, 1.82) is 0 Å². The molecular formula is C22H27F2N3O3S. The molecule has 2 aromatic rings. The molecule has 9 heteroatoms. The number of amides is 1. The highest BCUT2D eigenvalue weighted by atomic mass is 32.2. The normalized spacial score (nSPS) is 15.6. The molecule has 0 saturated carbocycles. The fourth-order valence-corrected chi connectivity index (χ4v) is 5.10. The van der Waals surface area contributed by atoms with Crippen molar-refractivity contribution < 1.29 is 22.0 Å². The van der Waals surface area contributed by atoms with Crippen LogP contribution in [0.2, 0.25) is 0 Å². The molecule has 1 fully saturated rings. The first-order chi connectivity index (χ1) is 14.8. The van der Waals surface area contributed by atoms with Crippen LogP contribution >= 0.6 is 0 Å². The molecule has 0 atom stereocenters. The quantitative estimate of drug-likeness (QED) is 0.698. The standard InChI is InChI=1S/C22H27F2N3O3S/c1-26(15-17-6-7-18(23)14-21(17)24)16-22(28)25-19-8-10-20(11-9-19)31(29,30)27-12-4-2-3-5-13-27/h6-11,14H,2-5,12-13,15-16H2,1H3,(H,25,28). The van der Waals surface area contributed by atoms with E-state index in [0.717, 1.165) is 31.7 Å². The number of rotatable bonds is 7. The Labute approximate surface area is 181 Å². The van der Waals surface area contributed by atoms with Gasteiger partial charge in [-0.25, -0.2) is 17.2 Å². The van der Waals surface area contributed by atoms with Gasteiger partial charge in [-0.15, -0.1) is 0 Å². The van der Waals surface area contributed by atoms with Gasteiger partial charge in [0.25, 0.3) is 0 Å². The number of anilines is 1. The van der Waals surface area contributed by atoms with Crippen LogP contribution in [0.25, 0.3) is 0 Å². The van der Waals surface area contributed by atoms with Crippen LogP contribution in [0.15, 0.2) is 47.4 Å². The third-order valence-corrected chi connectivity index (χ3v) is 7.12. The lowest BCUT2D eigenvalue weighted by atomic mass is 10.2. The van der Waals surface area contributed by atoms with Gasteiger partial charge in [-0.2, -0.15) is 4.31 Å². The fourth-order valence-electron chi connectivity index (χ4n) is 3.58. The monoisotopic (exact) mass is 451 g/mol. The van der Waals surface area contributed by atoms with Crippen LogP contribution < -0.4 is 5.32 Å². The minimum atomic E-state index is -3.54. The average Bonchev–Trinajstić information content (AvgIpc) is 3.00. The first kappa shape index (κ1) is 23.3. The summed E-state index contributed by atoms with van der Waals surface area (Å²) in [6.07, 6.45) is 3.81. The predicted octanol–water partition coefficient (Wildman–Crippen LogP) is 3.60. The lowest BCUT2D eigenvalue weighted by Crippen LogP contribution is -2.32. The number of likely N-dealkylation sites (N-methyl/N-ethyl adjacent to an activating group) is 1. The Balaban J connectivity index is 1.57. The highest BCUT2D eigenvalue weighted by molar-refractivity contribution is 7.89. The summed E-state index contributed by atoms with van der Waals surface area (Å²) in [4.78, 5) is 14.1. The van der Waals surface area contributed by atoms with Gasteiger partial charge >= 0.3 is 0 Å². The zero-order chi connectivity index (χ0) is 22.4. The number of hydrogen-bond donors (Lipinski definition) is 1. The molecule has 0 unspecified atom stereocenters. The topological polar surface area (TPSA) is 69.7 Å². The molecule has 0 radical (unpaired) electrons. The molecule has 0 bridgehead atoms. The number of sulfonamides is 1. The molecule has 1 saturated heterocycles. The summed E-state index contributed by atoms with van der Waals surface area (Å²) in [7, 11) is -1.89. The van der Waals surface area contributed by atoms with Gasteiger partial charge in [0.15, 0.2) is 0 Å². The lowest BCUT2D eigenvalue weighted by Gasteiger charge is -2.20. The molecule has 1 amide bonds. The Morgan fingerprint density at radius 2 is 1.68 bits per heavy atom. The van der Waals surface area contributed by atoms with Crippen molar-refractivity contribution >= 4 is 21.6 Å². The minimum Gasteiger partial charge on any atom is -0.325 e. The largest absolute Gasteiger partial charge is 0.325 e. The van der Waals surface area contributed by atoms with E-state index in [4.69, 9.17) is 0 Å². The van der Waals surface area contributed by atoms with Crippen LogP contribution in [0.3, 0.4) is 0 Å². The number of carbonyl (C=O) groups is 1. The maximum atomic E-state index is 13.8. The second-order valence-corrected chi connectivity index (χ2v) is 9.74. The smallest absolute Gasteiger partial charge is 0.243 e. The molecule has 0 aliphatic carbocycles.